The first kappa shape index (κ1) is 15.0. The molecule has 0 bridgehead atoms. The molecule has 4 nitrogen and oxygen atoms in total. The maximum absolute atomic E-state index is 12.9. The number of H-pyrrole nitrogens is 1. The highest BCUT2D eigenvalue weighted by Crippen LogP contribution is 2.27. The highest BCUT2D eigenvalue weighted by Gasteiger charge is 2.17. The molecule has 1 N–H and O–H groups in total. The van der Waals surface area contributed by atoms with Gasteiger partial charge in [-0.15, -0.1) is 0 Å². The van der Waals surface area contributed by atoms with Gasteiger partial charge in [-0.25, -0.2) is 9.18 Å². The van der Waals surface area contributed by atoms with Crippen LogP contribution in [0.5, 0.6) is 0 Å². The number of aryl methyl sites for hydroxylation is 1. The lowest BCUT2D eigenvalue weighted by atomic mass is 9.98. The zero-order valence-corrected chi connectivity index (χ0v) is 12.7. The number of ketones is 1. The first-order chi connectivity index (χ1) is 10.6. The van der Waals surface area contributed by atoms with Crippen molar-refractivity contribution >= 4 is 17.5 Å². The molecule has 0 amide bonds. The van der Waals surface area contributed by atoms with E-state index in [9.17, 15) is 14.0 Å². The second kappa shape index (κ2) is 6.44. The first-order valence-corrected chi connectivity index (χ1v) is 8.15. The number of aromatic nitrogens is 2. The molecule has 2 aromatic rings. The van der Waals surface area contributed by atoms with E-state index in [4.69, 9.17) is 0 Å². The molecule has 0 unspecified atom stereocenters. The van der Waals surface area contributed by atoms with Crippen molar-refractivity contribution in [2.75, 3.05) is 5.75 Å². The average molecular weight is 318 g/mol. The fourth-order valence-corrected chi connectivity index (χ4v) is 3.55. The molecule has 1 aromatic heterocycles. The zero-order chi connectivity index (χ0) is 15.5. The molecule has 0 radical (unpaired) electrons. The molecule has 6 heteroatoms. The summed E-state index contributed by atoms with van der Waals surface area (Å²) < 4.78 is 12.9. The van der Waals surface area contributed by atoms with Gasteiger partial charge >= 0.3 is 5.69 Å². The van der Waals surface area contributed by atoms with Crippen LogP contribution in [0.2, 0.25) is 0 Å². The van der Waals surface area contributed by atoms with Crippen LogP contribution < -0.4 is 5.69 Å². The van der Waals surface area contributed by atoms with E-state index in [1.807, 2.05) is 0 Å². The number of benzene rings is 1. The smallest absolute Gasteiger partial charge is 0.309 e. The Morgan fingerprint density at radius 1 is 1.23 bits per heavy atom. The molecule has 1 aliphatic rings. The van der Waals surface area contributed by atoms with Crippen LogP contribution >= 0.6 is 11.8 Å². The quantitative estimate of drug-likeness (QED) is 0.535. The minimum absolute atomic E-state index is 0.100. The fourth-order valence-electron chi connectivity index (χ4n) is 2.57. The van der Waals surface area contributed by atoms with Crippen molar-refractivity contribution in [2.45, 2.75) is 30.7 Å². The van der Waals surface area contributed by atoms with Gasteiger partial charge in [0.15, 0.2) is 5.78 Å². The Morgan fingerprint density at radius 2 is 1.95 bits per heavy atom. The largest absolute Gasteiger partial charge is 0.346 e. The number of hydrogen-bond donors (Lipinski definition) is 1. The van der Waals surface area contributed by atoms with Crippen molar-refractivity contribution in [1.29, 1.82) is 0 Å². The van der Waals surface area contributed by atoms with Crippen molar-refractivity contribution in [3.63, 3.8) is 0 Å². The molecule has 1 aromatic carbocycles. The van der Waals surface area contributed by atoms with Crippen molar-refractivity contribution in [2.24, 2.45) is 0 Å². The Labute approximate surface area is 131 Å². The van der Waals surface area contributed by atoms with Crippen molar-refractivity contribution < 1.29 is 9.18 Å². The molecule has 3 rings (SSSR count). The summed E-state index contributed by atoms with van der Waals surface area (Å²) in [5, 5.41) is 0.647. The van der Waals surface area contributed by atoms with Gasteiger partial charge in [0.1, 0.15) is 10.8 Å². The van der Waals surface area contributed by atoms with Crippen LogP contribution in [0.1, 0.15) is 34.5 Å². The third kappa shape index (κ3) is 3.27. The lowest BCUT2D eigenvalue weighted by Crippen LogP contribution is -2.20. The molecule has 1 heterocycles. The third-order valence-corrected chi connectivity index (χ3v) is 4.71. The number of aromatic amines is 1. The molecular formula is C16H15FN2O2S. The second-order valence-electron chi connectivity index (χ2n) is 5.23. The lowest BCUT2D eigenvalue weighted by molar-refractivity contribution is 0.102. The fraction of sp³-hybridized carbons (Fsp3) is 0.312. The van der Waals surface area contributed by atoms with Gasteiger partial charge in [0.2, 0.25) is 0 Å². The molecule has 0 spiro atoms. The number of thioether (sulfide) groups is 1. The van der Waals surface area contributed by atoms with Crippen LogP contribution in [-0.4, -0.2) is 21.5 Å². The van der Waals surface area contributed by atoms with Crippen molar-refractivity contribution in [1.82, 2.24) is 9.97 Å². The van der Waals surface area contributed by atoms with Crippen molar-refractivity contribution in [3.8, 4) is 0 Å². The number of nitrogens with zero attached hydrogens (tertiary/aromatic N) is 1. The van der Waals surface area contributed by atoms with Gasteiger partial charge in [0, 0.05) is 16.8 Å². The summed E-state index contributed by atoms with van der Waals surface area (Å²) in [6.07, 6.45) is 3.87. The lowest BCUT2D eigenvalue weighted by Gasteiger charge is -2.17. The minimum atomic E-state index is -0.366. The van der Waals surface area contributed by atoms with Gasteiger partial charge in [-0.2, -0.15) is 4.98 Å². The van der Waals surface area contributed by atoms with Crippen LogP contribution in [0.25, 0.3) is 0 Å². The normalized spacial score (nSPS) is 13.7. The summed E-state index contributed by atoms with van der Waals surface area (Å²) in [7, 11) is 0. The number of nitrogens with one attached hydrogen (secondary N) is 1. The van der Waals surface area contributed by atoms with Crippen LogP contribution in [-0.2, 0) is 12.8 Å². The van der Waals surface area contributed by atoms with Gasteiger partial charge in [-0.1, -0.05) is 11.8 Å². The van der Waals surface area contributed by atoms with E-state index >= 15 is 0 Å². The molecule has 0 atom stereocenters. The maximum atomic E-state index is 12.9. The number of fused-ring (bicyclic) bond motifs is 1. The van der Waals surface area contributed by atoms with Crippen LogP contribution in [0.4, 0.5) is 4.39 Å². The van der Waals surface area contributed by atoms with E-state index in [0.29, 0.717) is 10.6 Å². The van der Waals surface area contributed by atoms with E-state index in [1.165, 1.54) is 36.0 Å². The summed E-state index contributed by atoms with van der Waals surface area (Å²) in [6, 6.07) is 5.48. The van der Waals surface area contributed by atoms with E-state index in [2.05, 4.69) is 9.97 Å². The summed E-state index contributed by atoms with van der Waals surface area (Å²) in [6.45, 7) is 0. The highest BCUT2D eigenvalue weighted by molar-refractivity contribution is 8.00. The van der Waals surface area contributed by atoms with Gasteiger partial charge in [0.05, 0.1) is 5.75 Å². The van der Waals surface area contributed by atoms with Crippen molar-refractivity contribution in [3.05, 3.63) is 57.4 Å². The number of halogens is 1. The van der Waals surface area contributed by atoms with Gasteiger partial charge in [-0.05, 0) is 49.9 Å². The number of hydrogen-bond acceptors (Lipinski definition) is 4. The topological polar surface area (TPSA) is 62.8 Å². The monoisotopic (exact) mass is 318 g/mol. The summed E-state index contributed by atoms with van der Waals surface area (Å²) >= 11 is 1.28. The number of rotatable bonds is 4. The Morgan fingerprint density at radius 3 is 2.73 bits per heavy atom. The SMILES string of the molecule is O=C(CSc1nc(=O)[nH]c2c1CCCC2)c1ccc(F)cc1. The first-order valence-electron chi connectivity index (χ1n) is 7.17. The van der Waals surface area contributed by atoms with E-state index in [0.717, 1.165) is 36.9 Å². The molecule has 0 aliphatic heterocycles. The Balaban J connectivity index is 1.76. The number of carbonyl (C=O) groups is 1. The third-order valence-electron chi connectivity index (χ3n) is 3.69. The van der Waals surface area contributed by atoms with Crippen LogP contribution in [0, 0.1) is 5.82 Å². The Kier molecular flexibility index (Phi) is 4.38. The van der Waals surface area contributed by atoms with E-state index in [1.54, 1.807) is 0 Å². The molecule has 0 fully saturated rings. The van der Waals surface area contributed by atoms with E-state index < -0.39 is 0 Å². The highest BCUT2D eigenvalue weighted by atomic mass is 32.2. The molecule has 0 saturated carbocycles. The summed E-state index contributed by atoms with van der Waals surface area (Å²) in [4.78, 5) is 30.5. The predicted molar refractivity (Wildman–Crippen MR) is 83.0 cm³/mol. The maximum Gasteiger partial charge on any atom is 0.346 e. The zero-order valence-electron chi connectivity index (χ0n) is 11.9. The summed E-state index contributed by atoms with van der Waals surface area (Å²) in [5.41, 5.74) is 2.11. The Hall–Kier alpha value is -1.95. The van der Waals surface area contributed by atoms with Crippen LogP contribution in [0.15, 0.2) is 34.1 Å². The number of carbonyl (C=O) groups excluding carboxylic acids is 1. The van der Waals surface area contributed by atoms with Gasteiger partial charge < -0.3 is 4.98 Å². The summed E-state index contributed by atoms with van der Waals surface area (Å²) in [5.74, 6) is -0.277. The standard InChI is InChI=1S/C16H15FN2O2S/c17-11-7-5-10(6-8-11)14(20)9-22-15-12-3-1-2-4-13(12)18-16(21)19-15/h5-8H,1-4,9H2,(H,18,19,21). The van der Waals surface area contributed by atoms with E-state index in [-0.39, 0.29) is 23.0 Å². The molecular weight excluding hydrogens is 303 g/mol. The Bertz CT molecular complexity index is 756. The number of Topliss-reactive ketones (excluding diaryl/α,β-unsaturated/α-hetero) is 1. The molecule has 1 aliphatic carbocycles. The predicted octanol–water partition coefficient (Wildman–Crippen LogP) is 2.76. The molecule has 22 heavy (non-hydrogen) atoms. The minimum Gasteiger partial charge on any atom is -0.309 e. The molecule has 0 saturated heterocycles. The second-order valence-corrected chi connectivity index (χ2v) is 6.19. The van der Waals surface area contributed by atoms with Crippen LogP contribution in [0.3, 0.4) is 0 Å². The molecule has 114 valence electrons. The van der Waals surface area contributed by atoms with Gasteiger partial charge in [0.25, 0.3) is 0 Å². The average Bonchev–Trinajstić information content (AvgIpc) is 2.52. The van der Waals surface area contributed by atoms with Gasteiger partial charge in [-0.3, -0.25) is 4.79 Å².